The molecule has 0 aromatic carbocycles. The van der Waals surface area contributed by atoms with Crippen LogP contribution in [0.2, 0.25) is 0 Å². The van der Waals surface area contributed by atoms with Crippen molar-refractivity contribution in [3.05, 3.63) is 52.7 Å². The molecule has 27 heavy (non-hydrogen) atoms. The maximum atomic E-state index is 6.34. The molecule has 2 aliphatic rings. The molecule has 1 spiro atoms. The molecule has 7 heteroatoms. The summed E-state index contributed by atoms with van der Waals surface area (Å²) in [5.41, 5.74) is 3.41. The van der Waals surface area contributed by atoms with E-state index in [1.807, 2.05) is 12.3 Å². The minimum absolute atomic E-state index is 0.145. The van der Waals surface area contributed by atoms with Gasteiger partial charge in [0, 0.05) is 42.3 Å². The normalized spacial score (nSPS) is 22.3. The van der Waals surface area contributed by atoms with Crippen LogP contribution < -0.4 is 4.74 Å². The highest BCUT2D eigenvalue weighted by Gasteiger charge is 2.43. The van der Waals surface area contributed by atoms with Gasteiger partial charge in [-0.05, 0) is 23.9 Å². The summed E-state index contributed by atoms with van der Waals surface area (Å²) in [5.74, 6) is 1.73. The van der Waals surface area contributed by atoms with E-state index in [9.17, 15) is 0 Å². The van der Waals surface area contributed by atoms with Gasteiger partial charge >= 0.3 is 0 Å². The van der Waals surface area contributed by atoms with E-state index in [-0.39, 0.29) is 5.60 Å². The average molecular weight is 382 g/mol. The van der Waals surface area contributed by atoms with Gasteiger partial charge in [-0.25, -0.2) is 9.97 Å². The number of aromatic nitrogens is 3. The Kier molecular flexibility index (Phi) is 4.22. The van der Waals surface area contributed by atoms with E-state index in [1.54, 1.807) is 24.6 Å². The van der Waals surface area contributed by atoms with Crippen LogP contribution in [0.15, 0.2) is 41.4 Å². The fourth-order valence-corrected chi connectivity index (χ4v) is 4.83. The lowest BCUT2D eigenvalue weighted by atomic mass is 10.0. The zero-order chi connectivity index (χ0) is 18.3. The summed E-state index contributed by atoms with van der Waals surface area (Å²) in [7, 11) is 1.67. The summed E-state index contributed by atoms with van der Waals surface area (Å²) in [6, 6.07) is 6.21. The molecule has 3 aromatic heterocycles. The first-order valence-electron chi connectivity index (χ1n) is 9.17. The highest BCUT2D eigenvalue weighted by atomic mass is 32.1. The Hall–Kier alpha value is -2.22. The number of ether oxygens (including phenoxy) is 2. The van der Waals surface area contributed by atoms with Crippen molar-refractivity contribution in [1.29, 1.82) is 0 Å². The molecule has 3 aromatic rings. The van der Waals surface area contributed by atoms with Crippen LogP contribution in [0.25, 0.3) is 11.3 Å². The maximum Gasteiger partial charge on any atom is 0.217 e. The van der Waals surface area contributed by atoms with E-state index in [1.165, 1.54) is 11.3 Å². The van der Waals surface area contributed by atoms with E-state index in [2.05, 4.69) is 42.3 Å². The average Bonchev–Trinajstić information content (AvgIpc) is 3.43. The Morgan fingerprint density at radius 1 is 1.30 bits per heavy atom. The number of hydrogen-bond acceptors (Lipinski definition) is 6. The lowest BCUT2D eigenvalue weighted by Crippen LogP contribution is -2.44. The lowest BCUT2D eigenvalue weighted by molar-refractivity contribution is -0.0821. The van der Waals surface area contributed by atoms with Gasteiger partial charge in [-0.3, -0.25) is 4.90 Å². The molecule has 5 rings (SSSR count). The van der Waals surface area contributed by atoms with Crippen LogP contribution in [0.5, 0.6) is 5.88 Å². The molecule has 2 aliphatic heterocycles. The number of pyridine rings is 1. The van der Waals surface area contributed by atoms with Crippen molar-refractivity contribution in [2.75, 3.05) is 20.2 Å². The van der Waals surface area contributed by atoms with Gasteiger partial charge < -0.3 is 14.0 Å². The monoisotopic (exact) mass is 382 g/mol. The predicted octanol–water partition coefficient (Wildman–Crippen LogP) is 3.19. The van der Waals surface area contributed by atoms with Crippen LogP contribution >= 0.6 is 11.3 Å². The molecular weight excluding hydrogens is 360 g/mol. The number of nitrogens with zero attached hydrogens (tertiary/aromatic N) is 4. The molecular formula is C20H22N4O2S. The molecule has 5 heterocycles. The first kappa shape index (κ1) is 16.9. The smallest absolute Gasteiger partial charge is 0.217 e. The third-order valence-corrected chi connectivity index (χ3v) is 6.22. The van der Waals surface area contributed by atoms with Gasteiger partial charge in [-0.2, -0.15) is 11.3 Å². The molecule has 1 fully saturated rings. The van der Waals surface area contributed by atoms with Gasteiger partial charge in [-0.15, -0.1) is 0 Å². The van der Waals surface area contributed by atoms with Crippen LogP contribution in [-0.2, 0) is 24.4 Å². The van der Waals surface area contributed by atoms with Crippen molar-refractivity contribution in [2.45, 2.75) is 31.7 Å². The van der Waals surface area contributed by atoms with Crippen molar-refractivity contribution in [1.82, 2.24) is 19.4 Å². The molecule has 0 amide bonds. The fourth-order valence-electron chi connectivity index (χ4n) is 4.18. The Bertz CT molecular complexity index is 939. The number of hydrogen-bond donors (Lipinski definition) is 0. The van der Waals surface area contributed by atoms with Crippen molar-refractivity contribution >= 4 is 11.3 Å². The number of likely N-dealkylation sites (tertiary alicyclic amines) is 1. The summed E-state index contributed by atoms with van der Waals surface area (Å²) in [4.78, 5) is 11.3. The van der Waals surface area contributed by atoms with Gasteiger partial charge in [0.25, 0.3) is 0 Å². The van der Waals surface area contributed by atoms with Crippen LogP contribution in [-0.4, -0.2) is 45.2 Å². The van der Waals surface area contributed by atoms with Crippen molar-refractivity contribution in [3.63, 3.8) is 0 Å². The second kappa shape index (κ2) is 6.74. The molecule has 1 saturated heterocycles. The molecule has 0 unspecified atom stereocenters. The van der Waals surface area contributed by atoms with Gasteiger partial charge in [0.1, 0.15) is 18.0 Å². The fraction of sp³-hybridized carbons (Fsp3) is 0.400. The number of imidazole rings is 1. The van der Waals surface area contributed by atoms with Crippen LogP contribution in [0.4, 0.5) is 0 Å². The van der Waals surface area contributed by atoms with E-state index in [4.69, 9.17) is 9.47 Å². The SMILES string of the molecule is COc1ncccc1CN1CC[C@]2(C1)Cn1c(-c3ccsc3)cnc1CO2. The van der Waals surface area contributed by atoms with E-state index < -0.39 is 0 Å². The third kappa shape index (κ3) is 3.05. The topological polar surface area (TPSA) is 52.4 Å². The second-order valence-corrected chi connectivity index (χ2v) is 8.04. The highest BCUT2D eigenvalue weighted by molar-refractivity contribution is 7.08. The van der Waals surface area contributed by atoms with Crippen molar-refractivity contribution in [3.8, 4) is 17.1 Å². The Labute approximate surface area is 162 Å². The summed E-state index contributed by atoms with van der Waals surface area (Å²) >= 11 is 1.72. The Morgan fingerprint density at radius 2 is 2.26 bits per heavy atom. The molecule has 1 atom stereocenters. The van der Waals surface area contributed by atoms with E-state index in [0.717, 1.165) is 44.0 Å². The highest BCUT2D eigenvalue weighted by Crippen LogP contribution is 2.36. The predicted molar refractivity (Wildman–Crippen MR) is 104 cm³/mol. The number of methoxy groups -OCH3 is 1. The third-order valence-electron chi connectivity index (χ3n) is 5.54. The Morgan fingerprint density at radius 3 is 3.11 bits per heavy atom. The van der Waals surface area contributed by atoms with Gasteiger partial charge in [0.2, 0.25) is 5.88 Å². The number of rotatable bonds is 4. The summed E-state index contributed by atoms with van der Waals surface area (Å²) in [6.45, 7) is 4.18. The standard InChI is InChI=1S/C20H22N4O2S/c1-25-19-15(3-2-6-21-19)10-23-7-5-20(13-23)14-24-17(16-4-8-27-12-16)9-22-18(24)11-26-20/h2-4,6,8-9,12H,5,7,10-11,13-14H2,1H3/t20-/m0/s1. The first-order chi connectivity index (χ1) is 13.3. The zero-order valence-corrected chi connectivity index (χ0v) is 16.1. The molecule has 6 nitrogen and oxygen atoms in total. The van der Waals surface area contributed by atoms with Crippen molar-refractivity contribution in [2.24, 2.45) is 0 Å². The van der Waals surface area contributed by atoms with Crippen LogP contribution in [0, 0.1) is 0 Å². The van der Waals surface area contributed by atoms with E-state index >= 15 is 0 Å². The second-order valence-electron chi connectivity index (χ2n) is 7.26. The molecule has 0 radical (unpaired) electrons. The van der Waals surface area contributed by atoms with Gasteiger partial charge in [0.05, 0.1) is 25.5 Å². The quantitative estimate of drug-likeness (QED) is 0.694. The largest absolute Gasteiger partial charge is 0.481 e. The van der Waals surface area contributed by atoms with Crippen molar-refractivity contribution < 1.29 is 9.47 Å². The molecule has 0 N–H and O–H groups in total. The van der Waals surface area contributed by atoms with Gasteiger partial charge in [-0.1, -0.05) is 6.07 Å². The van der Waals surface area contributed by atoms with E-state index in [0.29, 0.717) is 12.5 Å². The molecule has 0 bridgehead atoms. The minimum Gasteiger partial charge on any atom is -0.481 e. The minimum atomic E-state index is -0.145. The maximum absolute atomic E-state index is 6.34. The summed E-state index contributed by atoms with van der Waals surface area (Å²) in [6.07, 6.45) is 4.77. The molecule has 140 valence electrons. The Balaban J connectivity index is 1.35. The number of fused-ring (bicyclic) bond motifs is 1. The van der Waals surface area contributed by atoms with Gasteiger partial charge in [0.15, 0.2) is 0 Å². The molecule has 0 saturated carbocycles. The zero-order valence-electron chi connectivity index (χ0n) is 15.3. The van der Waals surface area contributed by atoms with Crippen LogP contribution in [0.1, 0.15) is 17.8 Å². The summed E-state index contributed by atoms with van der Waals surface area (Å²) in [5, 5.41) is 4.30. The summed E-state index contributed by atoms with van der Waals surface area (Å²) < 4.78 is 14.1. The first-order valence-corrected chi connectivity index (χ1v) is 10.1. The molecule has 0 aliphatic carbocycles. The van der Waals surface area contributed by atoms with Crippen LogP contribution in [0.3, 0.4) is 0 Å². The number of thiophene rings is 1. The lowest BCUT2D eigenvalue weighted by Gasteiger charge is -2.35.